The summed E-state index contributed by atoms with van der Waals surface area (Å²) in [5.74, 6) is -1.20. The summed E-state index contributed by atoms with van der Waals surface area (Å²) in [5.41, 5.74) is 3.88. The third kappa shape index (κ3) is 5.12. The molecule has 198 valence electrons. The van der Waals surface area contributed by atoms with Gasteiger partial charge in [0.25, 0.3) is 0 Å². The summed E-state index contributed by atoms with van der Waals surface area (Å²) in [4.78, 5) is 53.3. The molecule has 0 saturated carbocycles. The molecule has 0 radical (unpaired) electrons. The molecule has 4 aromatic rings. The summed E-state index contributed by atoms with van der Waals surface area (Å²) >= 11 is 0. The molecule has 4 N–H and O–H groups in total. The van der Waals surface area contributed by atoms with Gasteiger partial charge >= 0.3 is 12.1 Å². The van der Waals surface area contributed by atoms with Crippen LogP contribution in [0.1, 0.15) is 42.7 Å². The van der Waals surface area contributed by atoms with Gasteiger partial charge in [-0.2, -0.15) is 0 Å². The van der Waals surface area contributed by atoms with Crippen LogP contribution in [0.15, 0.2) is 60.4 Å². The van der Waals surface area contributed by atoms with Crippen LogP contribution >= 0.6 is 0 Å². The van der Waals surface area contributed by atoms with Crippen molar-refractivity contribution in [1.29, 1.82) is 0 Å². The molecule has 0 fully saturated rings. The number of aromatic nitrogens is 4. The molecule has 0 aliphatic heterocycles. The normalized spacial score (nSPS) is 14.7. The number of nitrogens with one attached hydrogen (secondary N) is 3. The smallest absolute Gasteiger partial charge is 0.413 e. The molecule has 1 aliphatic rings. The number of amides is 1. The van der Waals surface area contributed by atoms with Crippen molar-refractivity contribution in [2.45, 2.75) is 32.9 Å². The second kappa shape index (κ2) is 10.5. The van der Waals surface area contributed by atoms with E-state index < -0.39 is 23.9 Å². The predicted octanol–water partition coefficient (Wildman–Crippen LogP) is 4.50. The number of carbonyl (C=O) groups excluding carboxylic acids is 2. The van der Waals surface area contributed by atoms with Crippen LogP contribution in [-0.4, -0.2) is 55.5 Å². The number of imidazole rings is 1. The van der Waals surface area contributed by atoms with E-state index in [1.54, 1.807) is 31.5 Å². The number of nitrogens with zero attached hydrogens (tertiary/aromatic N) is 3. The monoisotopic (exact) mass is 526 g/mol. The highest BCUT2D eigenvalue weighted by Gasteiger charge is 2.31. The molecule has 2 heterocycles. The molecule has 0 saturated heterocycles. The Kier molecular flexibility index (Phi) is 6.90. The fraction of sp³-hybridized carbons (Fsp3) is 0.214. The Labute approximate surface area is 223 Å². The number of fused-ring (bicyclic) bond motifs is 2. The van der Waals surface area contributed by atoms with Gasteiger partial charge in [0.15, 0.2) is 11.6 Å². The first-order chi connectivity index (χ1) is 18.7. The van der Waals surface area contributed by atoms with Crippen LogP contribution < -0.4 is 10.6 Å². The quantitative estimate of drug-likeness (QED) is 0.254. The summed E-state index contributed by atoms with van der Waals surface area (Å²) in [6, 6.07) is 10.4. The molecule has 11 nitrogen and oxygen atoms in total. The maximum absolute atomic E-state index is 13.2. The van der Waals surface area contributed by atoms with E-state index in [-0.39, 0.29) is 24.2 Å². The Morgan fingerprint density at radius 2 is 1.85 bits per heavy atom. The number of hydrogen-bond donors (Lipinski definition) is 4. The van der Waals surface area contributed by atoms with Crippen molar-refractivity contribution in [1.82, 2.24) is 25.3 Å². The van der Waals surface area contributed by atoms with Crippen molar-refractivity contribution >= 4 is 34.8 Å². The van der Waals surface area contributed by atoms with Crippen LogP contribution in [-0.2, 0) is 9.53 Å². The van der Waals surface area contributed by atoms with Gasteiger partial charge in [-0.25, -0.2) is 24.5 Å². The minimum Gasteiger partial charge on any atom is -0.478 e. The van der Waals surface area contributed by atoms with Crippen molar-refractivity contribution in [3.05, 3.63) is 71.6 Å². The Balaban J connectivity index is 1.64. The summed E-state index contributed by atoms with van der Waals surface area (Å²) in [5, 5.41) is 15.6. The highest BCUT2D eigenvalue weighted by molar-refractivity contribution is 6.25. The number of H-pyrrole nitrogens is 1. The lowest BCUT2D eigenvalue weighted by Gasteiger charge is -2.26. The number of carboxylic acids is 1. The minimum atomic E-state index is -1.27. The number of Topliss-reactive ketones (excluding diaryl/α,β-unsaturated/α-hetero) is 1. The van der Waals surface area contributed by atoms with Crippen LogP contribution in [0.5, 0.6) is 0 Å². The molecule has 1 aliphatic carbocycles. The molecule has 2 aromatic heterocycles. The topological polar surface area (TPSA) is 159 Å². The van der Waals surface area contributed by atoms with Gasteiger partial charge in [-0.3, -0.25) is 10.1 Å². The van der Waals surface area contributed by atoms with Gasteiger partial charge < -0.3 is 20.1 Å². The number of carboxylic acid groups (broad SMARTS) is 1. The standard InChI is InChI=1S/C28H26N6O5/c1-4-39-28(38)34-27-32-22-12-16(11-19(23(22)33-27)25-29-8-5-9-30-25)15-6-7-17-18(10-15)24(35)20(26(36)37)13-21(17)31-14(2)3/h5-14,21,31H,4H2,1-3H3,(H,36,37)(H2,32,33,34,38). The second-order valence-corrected chi connectivity index (χ2v) is 9.24. The molecule has 1 unspecified atom stereocenters. The van der Waals surface area contributed by atoms with Gasteiger partial charge in [-0.1, -0.05) is 12.1 Å². The molecule has 39 heavy (non-hydrogen) atoms. The van der Waals surface area contributed by atoms with Gasteiger partial charge in [-0.15, -0.1) is 0 Å². The van der Waals surface area contributed by atoms with Crippen LogP contribution in [0.4, 0.5) is 10.7 Å². The second-order valence-electron chi connectivity index (χ2n) is 9.24. The van der Waals surface area contributed by atoms with Crippen molar-refractivity contribution in [2.75, 3.05) is 11.9 Å². The van der Waals surface area contributed by atoms with E-state index >= 15 is 0 Å². The van der Waals surface area contributed by atoms with Gasteiger partial charge in [0.1, 0.15) is 11.1 Å². The molecule has 5 rings (SSSR count). The number of aromatic amines is 1. The predicted molar refractivity (Wildman–Crippen MR) is 144 cm³/mol. The number of ketones is 1. The van der Waals surface area contributed by atoms with Crippen molar-refractivity contribution < 1.29 is 24.2 Å². The maximum atomic E-state index is 13.2. The highest BCUT2D eigenvalue weighted by atomic mass is 16.5. The van der Waals surface area contributed by atoms with Crippen LogP contribution in [0.25, 0.3) is 33.5 Å². The Bertz CT molecular complexity index is 1630. The van der Waals surface area contributed by atoms with Gasteiger partial charge in [0.2, 0.25) is 5.95 Å². The maximum Gasteiger partial charge on any atom is 0.413 e. The van der Waals surface area contributed by atoms with Crippen molar-refractivity contribution in [3.8, 4) is 22.5 Å². The molecule has 0 bridgehead atoms. The lowest BCUT2D eigenvalue weighted by molar-refractivity contribution is -0.132. The lowest BCUT2D eigenvalue weighted by atomic mass is 9.84. The van der Waals surface area contributed by atoms with E-state index in [1.807, 2.05) is 38.1 Å². The van der Waals surface area contributed by atoms with Gasteiger partial charge in [0, 0.05) is 29.6 Å². The van der Waals surface area contributed by atoms with Crippen molar-refractivity contribution in [2.24, 2.45) is 0 Å². The number of benzene rings is 2. The number of anilines is 1. The summed E-state index contributed by atoms with van der Waals surface area (Å²) in [7, 11) is 0. The zero-order valence-corrected chi connectivity index (χ0v) is 21.5. The summed E-state index contributed by atoms with van der Waals surface area (Å²) in [6.45, 7) is 5.82. The largest absolute Gasteiger partial charge is 0.478 e. The summed E-state index contributed by atoms with van der Waals surface area (Å²) in [6.07, 6.45) is 4.05. The van der Waals surface area contributed by atoms with Crippen LogP contribution in [0, 0.1) is 0 Å². The third-order valence-corrected chi connectivity index (χ3v) is 6.18. The molecular formula is C28H26N6O5. The molecule has 11 heteroatoms. The number of carbonyl (C=O) groups is 3. The highest BCUT2D eigenvalue weighted by Crippen LogP contribution is 2.36. The zero-order valence-electron chi connectivity index (χ0n) is 21.5. The van der Waals surface area contributed by atoms with E-state index in [0.717, 1.165) is 0 Å². The molecule has 1 amide bonds. The number of aliphatic carboxylic acids is 1. The van der Waals surface area contributed by atoms with E-state index in [1.165, 1.54) is 6.08 Å². The average molecular weight is 527 g/mol. The molecule has 1 atom stereocenters. The van der Waals surface area contributed by atoms with Crippen molar-refractivity contribution in [3.63, 3.8) is 0 Å². The zero-order chi connectivity index (χ0) is 27.7. The number of ether oxygens (including phenoxy) is 1. The Morgan fingerprint density at radius 3 is 2.54 bits per heavy atom. The first-order valence-electron chi connectivity index (χ1n) is 12.4. The van der Waals surface area contributed by atoms with Crippen LogP contribution in [0.3, 0.4) is 0 Å². The fourth-order valence-corrected chi connectivity index (χ4v) is 4.56. The Morgan fingerprint density at radius 1 is 1.10 bits per heavy atom. The minimum absolute atomic E-state index is 0.0654. The first-order valence-corrected chi connectivity index (χ1v) is 12.4. The fourth-order valence-electron chi connectivity index (χ4n) is 4.56. The average Bonchev–Trinajstić information content (AvgIpc) is 3.31. The van der Waals surface area contributed by atoms with E-state index in [0.29, 0.717) is 44.7 Å². The first kappa shape index (κ1) is 25.7. The SMILES string of the molecule is CCOC(=O)Nc1nc2c(-c3ncccn3)cc(-c3ccc4c(c3)C(=O)C(C(=O)O)=CC4NC(C)C)cc2[nH]1. The third-order valence-electron chi connectivity index (χ3n) is 6.18. The van der Waals surface area contributed by atoms with E-state index in [9.17, 15) is 19.5 Å². The Hall–Kier alpha value is -4.90. The van der Waals surface area contributed by atoms with E-state index in [2.05, 4.69) is 30.6 Å². The molecular weight excluding hydrogens is 500 g/mol. The van der Waals surface area contributed by atoms with Gasteiger partial charge in [0.05, 0.1) is 18.2 Å². The summed E-state index contributed by atoms with van der Waals surface area (Å²) < 4.78 is 4.95. The molecule has 2 aromatic carbocycles. The lowest BCUT2D eigenvalue weighted by Crippen LogP contribution is -2.32. The molecule has 0 spiro atoms. The number of hydrogen-bond acceptors (Lipinski definition) is 8. The number of rotatable bonds is 7. The van der Waals surface area contributed by atoms with E-state index in [4.69, 9.17) is 4.74 Å². The van der Waals surface area contributed by atoms with Gasteiger partial charge in [-0.05, 0) is 67.8 Å². The van der Waals surface area contributed by atoms with Crippen LogP contribution in [0.2, 0.25) is 0 Å².